The Hall–Kier alpha value is -2.30. The molecule has 150 valence electrons. The predicted molar refractivity (Wildman–Crippen MR) is 118 cm³/mol. The van der Waals surface area contributed by atoms with E-state index in [1.165, 1.54) is 48.9 Å². The van der Waals surface area contributed by atoms with Gasteiger partial charge in [-0.2, -0.15) is 0 Å². The number of nitrogens with one attached hydrogen (secondary N) is 1. The van der Waals surface area contributed by atoms with Crippen LogP contribution in [-0.2, 0) is 0 Å². The van der Waals surface area contributed by atoms with Crippen LogP contribution < -0.4 is 15.1 Å². The summed E-state index contributed by atoms with van der Waals surface area (Å²) in [6, 6.07) is 9.33. The predicted octanol–water partition coefficient (Wildman–Crippen LogP) is 4.47. The molecule has 1 saturated carbocycles. The highest BCUT2D eigenvalue weighted by Crippen LogP contribution is 2.26. The maximum atomic E-state index is 4.74. The Morgan fingerprint density at radius 2 is 1.61 bits per heavy atom. The van der Waals surface area contributed by atoms with Crippen molar-refractivity contribution in [2.75, 3.05) is 41.3 Å². The summed E-state index contributed by atoms with van der Waals surface area (Å²) in [6.45, 7) is 10.5. The largest absolute Gasteiger partial charge is 0.368 e. The fourth-order valence-electron chi connectivity index (χ4n) is 4.50. The Kier molecular flexibility index (Phi) is 5.69. The maximum absolute atomic E-state index is 4.74. The lowest BCUT2D eigenvalue weighted by Crippen LogP contribution is -2.47. The molecule has 2 aliphatic rings. The van der Waals surface area contributed by atoms with E-state index in [0.29, 0.717) is 6.04 Å². The molecule has 1 aliphatic heterocycles. The average Bonchev–Trinajstić information content (AvgIpc) is 2.71. The third kappa shape index (κ3) is 4.23. The summed E-state index contributed by atoms with van der Waals surface area (Å²) in [7, 11) is 0. The number of piperazine rings is 1. The van der Waals surface area contributed by atoms with Gasteiger partial charge in [-0.05, 0) is 50.8 Å². The van der Waals surface area contributed by atoms with Crippen molar-refractivity contribution in [3.05, 3.63) is 41.2 Å². The molecule has 2 fully saturated rings. The van der Waals surface area contributed by atoms with E-state index >= 15 is 0 Å². The molecule has 0 amide bonds. The number of hydrogen-bond acceptors (Lipinski definition) is 5. The Morgan fingerprint density at radius 3 is 2.36 bits per heavy atom. The van der Waals surface area contributed by atoms with E-state index in [9.17, 15) is 0 Å². The molecule has 5 nitrogen and oxygen atoms in total. The molecule has 0 radical (unpaired) electrons. The van der Waals surface area contributed by atoms with Crippen molar-refractivity contribution >= 4 is 17.3 Å². The Bertz CT molecular complexity index is 805. The molecular formula is C23H33N5. The molecule has 0 unspecified atom stereocenters. The number of nitrogens with zero attached hydrogens (tertiary/aromatic N) is 4. The van der Waals surface area contributed by atoms with E-state index in [4.69, 9.17) is 4.98 Å². The van der Waals surface area contributed by atoms with Crippen molar-refractivity contribution in [2.24, 2.45) is 0 Å². The van der Waals surface area contributed by atoms with Crippen LogP contribution in [0.2, 0.25) is 0 Å². The SMILES string of the molecule is Cc1nc(NC2CCCCC2)cc(N2CCN(c3cccc(C)c3C)CC2)n1. The van der Waals surface area contributed by atoms with Crippen molar-refractivity contribution < 1.29 is 0 Å². The van der Waals surface area contributed by atoms with E-state index in [1.807, 2.05) is 6.92 Å². The van der Waals surface area contributed by atoms with Gasteiger partial charge in [0.25, 0.3) is 0 Å². The molecule has 1 aromatic heterocycles. The second-order valence-corrected chi connectivity index (χ2v) is 8.33. The van der Waals surface area contributed by atoms with Gasteiger partial charge in [0.1, 0.15) is 17.5 Å². The number of aromatic nitrogens is 2. The van der Waals surface area contributed by atoms with Gasteiger partial charge in [-0.3, -0.25) is 0 Å². The van der Waals surface area contributed by atoms with Gasteiger partial charge in [-0.15, -0.1) is 0 Å². The van der Waals surface area contributed by atoms with Gasteiger partial charge in [0.05, 0.1) is 0 Å². The zero-order valence-corrected chi connectivity index (χ0v) is 17.5. The summed E-state index contributed by atoms with van der Waals surface area (Å²) in [4.78, 5) is 14.3. The monoisotopic (exact) mass is 379 g/mol. The molecule has 2 aromatic rings. The van der Waals surface area contributed by atoms with Crippen molar-refractivity contribution in [2.45, 2.75) is 58.9 Å². The van der Waals surface area contributed by atoms with Crippen LogP contribution in [0, 0.1) is 20.8 Å². The molecule has 1 aromatic carbocycles. The summed E-state index contributed by atoms with van der Waals surface area (Å²) >= 11 is 0. The number of rotatable bonds is 4. The van der Waals surface area contributed by atoms with E-state index in [1.54, 1.807) is 0 Å². The molecule has 4 rings (SSSR count). The fourth-order valence-corrected chi connectivity index (χ4v) is 4.50. The van der Waals surface area contributed by atoms with Gasteiger partial charge >= 0.3 is 0 Å². The molecule has 0 bridgehead atoms. The Balaban J connectivity index is 1.43. The maximum Gasteiger partial charge on any atom is 0.134 e. The van der Waals surface area contributed by atoms with Crippen LogP contribution >= 0.6 is 0 Å². The highest BCUT2D eigenvalue weighted by atomic mass is 15.3. The van der Waals surface area contributed by atoms with Crippen LogP contribution in [0.25, 0.3) is 0 Å². The van der Waals surface area contributed by atoms with Gasteiger partial charge in [-0.25, -0.2) is 9.97 Å². The first-order valence-electron chi connectivity index (χ1n) is 10.8. The average molecular weight is 380 g/mol. The molecule has 1 N–H and O–H groups in total. The van der Waals surface area contributed by atoms with Crippen molar-refractivity contribution in [3.63, 3.8) is 0 Å². The van der Waals surface area contributed by atoms with E-state index in [2.05, 4.69) is 58.2 Å². The minimum absolute atomic E-state index is 0.567. The first-order chi connectivity index (χ1) is 13.6. The second-order valence-electron chi connectivity index (χ2n) is 8.33. The summed E-state index contributed by atoms with van der Waals surface area (Å²) in [5.41, 5.74) is 4.13. The normalized spacial score (nSPS) is 18.4. The van der Waals surface area contributed by atoms with Gasteiger partial charge in [0.15, 0.2) is 0 Å². The van der Waals surface area contributed by atoms with Gasteiger partial charge in [-0.1, -0.05) is 31.4 Å². The Morgan fingerprint density at radius 1 is 0.893 bits per heavy atom. The van der Waals surface area contributed by atoms with Crippen molar-refractivity contribution in [1.29, 1.82) is 0 Å². The molecule has 2 heterocycles. The number of benzene rings is 1. The van der Waals surface area contributed by atoms with Crippen LogP contribution in [0.5, 0.6) is 0 Å². The lowest BCUT2D eigenvalue weighted by atomic mass is 9.95. The number of anilines is 3. The topological polar surface area (TPSA) is 44.3 Å². The van der Waals surface area contributed by atoms with Crippen LogP contribution in [0.3, 0.4) is 0 Å². The minimum atomic E-state index is 0.567. The molecular weight excluding hydrogens is 346 g/mol. The lowest BCUT2D eigenvalue weighted by molar-refractivity contribution is 0.461. The molecule has 0 atom stereocenters. The second kappa shape index (κ2) is 8.38. The van der Waals surface area contributed by atoms with Crippen molar-refractivity contribution in [1.82, 2.24) is 9.97 Å². The van der Waals surface area contributed by atoms with Gasteiger partial charge in [0.2, 0.25) is 0 Å². The molecule has 5 heteroatoms. The zero-order valence-electron chi connectivity index (χ0n) is 17.5. The first kappa shape index (κ1) is 19.0. The molecule has 1 saturated heterocycles. The van der Waals surface area contributed by atoms with E-state index in [-0.39, 0.29) is 0 Å². The third-order valence-corrected chi connectivity index (χ3v) is 6.30. The van der Waals surface area contributed by atoms with Gasteiger partial charge < -0.3 is 15.1 Å². The lowest BCUT2D eigenvalue weighted by Gasteiger charge is -2.37. The minimum Gasteiger partial charge on any atom is -0.368 e. The fraction of sp³-hybridized carbons (Fsp3) is 0.565. The number of aryl methyl sites for hydroxylation is 2. The van der Waals surface area contributed by atoms with Crippen LogP contribution in [0.1, 0.15) is 49.1 Å². The van der Waals surface area contributed by atoms with Crippen LogP contribution in [0.4, 0.5) is 17.3 Å². The zero-order chi connectivity index (χ0) is 19.5. The van der Waals surface area contributed by atoms with Crippen LogP contribution in [0.15, 0.2) is 24.3 Å². The van der Waals surface area contributed by atoms with Gasteiger partial charge in [0, 0.05) is 44.0 Å². The van der Waals surface area contributed by atoms with E-state index in [0.717, 1.165) is 43.6 Å². The third-order valence-electron chi connectivity index (χ3n) is 6.30. The molecule has 28 heavy (non-hydrogen) atoms. The standard InChI is InChI=1S/C23H33N5/c1-17-8-7-11-21(18(17)2)27-12-14-28(15-13-27)23-16-22(24-19(3)25-23)26-20-9-5-4-6-10-20/h7-8,11,16,20H,4-6,9-10,12-15H2,1-3H3,(H,24,25,26). The highest BCUT2D eigenvalue weighted by Gasteiger charge is 2.21. The summed E-state index contributed by atoms with van der Waals surface area (Å²) in [6.07, 6.45) is 6.54. The van der Waals surface area contributed by atoms with Crippen molar-refractivity contribution in [3.8, 4) is 0 Å². The summed E-state index contributed by atoms with van der Waals surface area (Å²) < 4.78 is 0. The Labute approximate surface area is 169 Å². The van der Waals surface area contributed by atoms with E-state index < -0.39 is 0 Å². The molecule has 1 aliphatic carbocycles. The quantitative estimate of drug-likeness (QED) is 0.849. The molecule has 0 spiro atoms. The number of hydrogen-bond donors (Lipinski definition) is 1. The smallest absolute Gasteiger partial charge is 0.134 e. The first-order valence-corrected chi connectivity index (χ1v) is 10.8. The summed E-state index contributed by atoms with van der Waals surface area (Å²) in [5.74, 6) is 2.91. The van der Waals surface area contributed by atoms with Crippen LogP contribution in [-0.4, -0.2) is 42.2 Å². The summed E-state index contributed by atoms with van der Waals surface area (Å²) in [5, 5.41) is 3.66. The highest BCUT2D eigenvalue weighted by molar-refractivity contribution is 5.58.